The third kappa shape index (κ3) is 2.91. The standard InChI is InChI=1S/C12H17N5.ClH/c1-2-10-11(14-5-1)17-12(16-10)15-8-9-3-6-13-7-4-9;/h1-2,5,9,13H,3-4,6-8H2,(H2,14,15,16,17);1H. The number of rotatable bonds is 3. The molecule has 18 heavy (non-hydrogen) atoms. The summed E-state index contributed by atoms with van der Waals surface area (Å²) in [6.45, 7) is 3.25. The second-order valence-electron chi connectivity index (χ2n) is 4.53. The molecule has 0 spiro atoms. The van der Waals surface area contributed by atoms with Crippen molar-refractivity contribution in [1.82, 2.24) is 20.3 Å². The van der Waals surface area contributed by atoms with E-state index in [0.29, 0.717) is 0 Å². The molecule has 0 atom stereocenters. The Morgan fingerprint density at radius 3 is 2.94 bits per heavy atom. The Labute approximate surface area is 112 Å². The molecule has 0 aromatic carbocycles. The first-order chi connectivity index (χ1) is 8.42. The van der Waals surface area contributed by atoms with E-state index < -0.39 is 0 Å². The highest BCUT2D eigenvalue weighted by atomic mass is 35.5. The number of aromatic amines is 1. The number of anilines is 1. The lowest BCUT2D eigenvalue weighted by Gasteiger charge is -2.22. The molecule has 98 valence electrons. The quantitative estimate of drug-likeness (QED) is 0.793. The fourth-order valence-electron chi connectivity index (χ4n) is 2.26. The maximum absolute atomic E-state index is 4.40. The van der Waals surface area contributed by atoms with Gasteiger partial charge in [-0.2, -0.15) is 4.98 Å². The summed E-state index contributed by atoms with van der Waals surface area (Å²) in [6.07, 6.45) is 4.25. The molecule has 0 saturated carbocycles. The first kappa shape index (κ1) is 13.1. The number of hydrogen-bond acceptors (Lipinski definition) is 4. The fourth-order valence-corrected chi connectivity index (χ4v) is 2.26. The second-order valence-corrected chi connectivity index (χ2v) is 4.53. The maximum Gasteiger partial charge on any atom is 0.202 e. The lowest BCUT2D eigenvalue weighted by molar-refractivity contribution is 0.389. The normalized spacial score (nSPS) is 16.4. The van der Waals surface area contributed by atoms with Crippen molar-refractivity contribution in [3.05, 3.63) is 18.3 Å². The summed E-state index contributed by atoms with van der Waals surface area (Å²) in [6, 6.07) is 3.90. The third-order valence-electron chi connectivity index (χ3n) is 3.27. The van der Waals surface area contributed by atoms with E-state index in [9.17, 15) is 0 Å². The summed E-state index contributed by atoms with van der Waals surface area (Å²) < 4.78 is 0. The topological polar surface area (TPSA) is 65.6 Å². The molecule has 3 rings (SSSR count). The molecule has 1 aliphatic heterocycles. The molecule has 6 heteroatoms. The van der Waals surface area contributed by atoms with Gasteiger partial charge in [0, 0.05) is 12.7 Å². The first-order valence-corrected chi connectivity index (χ1v) is 6.17. The number of aromatic nitrogens is 3. The molecule has 0 aliphatic carbocycles. The van der Waals surface area contributed by atoms with Gasteiger partial charge in [0.1, 0.15) is 0 Å². The Morgan fingerprint density at radius 2 is 2.17 bits per heavy atom. The molecule has 3 heterocycles. The monoisotopic (exact) mass is 267 g/mol. The van der Waals surface area contributed by atoms with Crippen molar-refractivity contribution >= 4 is 29.5 Å². The van der Waals surface area contributed by atoms with Gasteiger partial charge in [-0.05, 0) is 44.0 Å². The number of pyridine rings is 1. The van der Waals surface area contributed by atoms with Crippen LogP contribution in [0.1, 0.15) is 12.8 Å². The van der Waals surface area contributed by atoms with E-state index in [4.69, 9.17) is 0 Å². The highest BCUT2D eigenvalue weighted by Crippen LogP contribution is 2.14. The lowest BCUT2D eigenvalue weighted by atomic mass is 9.98. The van der Waals surface area contributed by atoms with Crippen LogP contribution in [-0.4, -0.2) is 34.6 Å². The van der Waals surface area contributed by atoms with Crippen molar-refractivity contribution < 1.29 is 0 Å². The highest BCUT2D eigenvalue weighted by molar-refractivity contribution is 5.85. The average molecular weight is 268 g/mol. The number of nitrogens with one attached hydrogen (secondary N) is 3. The van der Waals surface area contributed by atoms with Crippen molar-refractivity contribution in [1.29, 1.82) is 0 Å². The number of imidazole rings is 1. The van der Waals surface area contributed by atoms with E-state index in [1.807, 2.05) is 12.1 Å². The van der Waals surface area contributed by atoms with Gasteiger partial charge < -0.3 is 15.6 Å². The summed E-state index contributed by atoms with van der Waals surface area (Å²) in [5, 5.41) is 6.74. The minimum Gasteiger partial charge on any atom is -0.355 e. The van der Waals surface area contributed by atoms with Gasteiger partial charge in [0.25, 0.3) is 0 Å². The van der Waals surface area contributed by atoms with Crippen LogP contribution in [0.3, 0.4) is 0 Å². The molecule has 0 radical (unpaired) electrons. The van der Waals surface area contributed by atoms with Crippen molar-refractivity contribution in [3.63, 3.8) is 0 Å². The van der Waals surface area contributed by atoms with Crippen molar-refractivity contribution in [2.45, 2.75) is 12.8 Å². The molecule has 2 aromatic heterocycles. The Bertz CT molecular complexity index is 459. The number of piperidine rings is 1. The SMILES string of the molecule is Cl.c1cnc2nc(NCC3CCNCC3)[nH]c2c1. The minimum absolute atomic E-state index is 0. The van der Waals surface area contributed by atoms with Gasteiger partial charge in [-0.1, -0.05) is 0 Å². The zero-order chi connectivity index (χ0) is 11.5. The number of H-pyrrole nitrogens is 1. The largest absolute Gasteiger partial charge is 0.355 e. The van der Waals surface area contributed by atoms with Crippen LogP contribution in [0.2, 0.25) is 0 Å². The number of fused-ring (bicyclic) bond motifs is 1. The van der Waals surface area contributed by atoms with Gasteiger partial charge >= 0.3 is 0 Å². The van der Waals surface area contributed by atoms with Gasteiger partial charge in [-0.25, -0.2) is 4.98 Å². The van der Waals surface area contributed by atoms with Crippen LogP contribution in [0.4, 0.5) is 5.95 Å². The van der Waals surface area contributed by atoms with Gasteiger partial charge in [0.15, 0.2) is 5.65 Å². The predicted octanol–water partition coefficient (Wildman–Crippen LogP) is 1.79. The van der Waals surface area contributed by atoms with Crippen LogP contribution in [0, 0.1) is 5.92 Å². The first-order valence-electron chi connectivity index (χ1n) is 6.17. The summed E-state index contributed by atoms with van der Waals surface area (Å²) in [4.78, 5) is 11.8. The number of hydrogen-bond donors (Lipinski definition) is 3. The summed E-state index contributed by atoms with van der Waals surface area (Å²) in [5.74, 6) is 1.58. The zero-order valence-corrected chi connectivity index (χ0v) is 11.0. The van der Waals surface area contributed by atoms with E-state index in [1.165, 1.54) is 12.8 Å². The summed E-state index contributed by atoms with van der Waals surface area (Å²) >= 11 is 0. The minimum atomic E-state index is 0. The van der Waals surface area contributed by atoms with Crippen LogP contribution in [-0.2, 0) is 0 Å². The Hall–Kier alpha value is -1.33. The molecule has 0 amide bonds. The molecule has 2 aromatic rings. The van der Waals surface area contributed by atoms with Gasteiger partial charge in [-0.3, -0.25) is 0 Å². The Balaban J connectivity index is 0.00000120. The lowest BCUT2D eigenvalue weighted by Crippen LogP contribution is -2.31. The summed E-state index contributed by atoms with van der Waals surface area (Å²) in [5.41, 5.74) is 1.76. The maximum atomic E-state index is 4.40. The predicted molar refractivity (Wildman–Crippen MR) is 75.2 cm³/mol. The van der Waals surface area contributed by atoms with E-state index >= 15 is 0 Å². The summed E-state index contributed by atoms with van der Waals surface area (Å²) in [7, 11) is 0. The smallest absolute Gasteiger partial charge is 0.202 e. The van der Waals surface area contributed by atoms with E-state index in [1.54, 1.807) is 6.20 Å². The fraction of sp³-hybridized carbons (Fsp3) is 0.500. The molecular formula is C12H18ClN5. The van der Waals surface area contributed by atoms with Crippen molar-refractivity contribution in [2.75, 3.05) is 25.0 Å². The number of halogens is 1. The van der Waals surface area contributed by atoms with Crippen LogP contribution in [0.5, 0.6) is 0 Å². The Morgan fingerprint density at radius 1 is 1.33 bits per heavy atom. The molecule has 1 saturated heterocycles. The molecule has 5 nitrogen and oxygen atoms in total. The third-order valence-corrected chi connectivity index (χ3v) is 3.27. The highest BCUT2D eigenvalue weighted by Gasteiger charge is 2.13. The van der Waals surface area contributed by atoms with Crippen LogP contribution in [0.25, 0.3) is 11.2 Å². The number of nitrogens with zero attached hydrogens (tertiary/aromatic N) is 2. The van der Waals surface area contributed by atoms with Crippen molar-refractivity contribution in [2.24, 2.45) is 5.92 Å². The molecule has 0 bridgehead atoms. The van der Waals surface area contributed by atoms with Crippen molar-refractivity contribution in [3.8, 4) is 0 Å². The molecular weight excluding hydrogens is 250 g/mol. The van der Waals surface area contributed by atoms with Crippen LogP contribution in [0.15, 0.2) is 18.3 Å². The molecule has 3 N–H and O–H groups in total. The Kier molecular flexibility index (Phi) is 4.38. The molecule has 0 unspecified atom stereocenters. The van der Waals surface area contributed by atoms with E-state index in [2.05, 4.69) is 25.6 Å². The molecule has 1 aliphatic rings. The second kappa shape index (κ2) is 6.02. The van der Waals surface area contributed by atoms with Gasteiger partial charge in [-0.15, -0.1) is 12.4 Å². The van der Waals surface area contributed by atoms with Crippen LogP contribution >= 0.6 is 12.4 Å². The average Bonchev–Trinajstić information content (AvgIpc) is 2.80. The van der Waals surface area contributed by atoms with Gasteiger partial charge in [0.05, 0.1) is 5.52 Å². The van der Waals surface area contributed by atoms with E-state index in [-0.39, 0.29) is 12.4 Å². The zero-order valence-electron chi connectivity index (χ0n) is 10.1. The van der Waals surface area contributed by atoms with E-state index in [0.717, 1.165) is 42.7 Å². The molecule has 1 fully saturated rings. The van der Waals surface area contributed by atoms with Gasteiger partial charge in [0.2, 0.25) is 5.95 Å². The van der Waals surface area contributed by atoms with Crippen LogP contribution < -0.4 is 10.6 Å².